The van der Waals surface area contributed by atoms with Crippen LogP contribution in [0.1, 0.15) is 39.2 Å². The molecule has 0 aromatic heterocycles. The molecule has 0 bridgehead atoms. The van der Waals surface area contributed by atoms with Crippen LogP contribution in [0.25, 0.3) is 0 Å². The Morgan fingerprint density at radius 1 is 1.19 bits per heavy atom. The lowest BCUT2D eigenvalue weighted by Gasteiger charge is -2.18. The van der Waals surface area contributed by atoms with Crippen molar-refractivity contribution in [2.75, 3.05) is 5.32 Å². The lowest BCUT2D eigenvalue weighted by molar-refractivity contribution is 0.527. The zero-order valence-electron chi connectivity index (χ0n) is 10.7. The number of nitrogens with one attached hydrogen (secondary N) is 1. The quantitative estimate of drug-likeness (QED) is 0.802. The number of benzene rings is 1. The normalized spacial score (nSPS) is 12.9. The molecule has 0 heterocycles. The Balaban J connectivity index is 2.52. The van der Waals surface area contributed by atoms with Crippen molar-refractivity contribution in [2.24, 2.45) is 5.92 Å². The highest BCUT2D eigenvalue weighted by atomic mass is 79.9. The third-order valence-electron chi connectivity index (χ3n) is 2.77. The molecule has 0 fully saturated rings. The van der Waals surface area contributed by atoms with Gasteiger partial charge in [-0.3, -0.25) is 0 Å². The lowest BCUT2D eigenvalue weighted by atomic mass is 10.0. The third kappa shape index (κ3) is 4.56. The third-order valence-corrected chi connectivity index (χ3v) is 3.26. The monoisotopic (exact) mass is 283 g/mol. The summed E-state index contributed by atoms with van der Waals surface area (Å²) in [4.78, 5) is 0. The number of anilines is 1. The zero-order valence-corrected chi connectivity index (χ0v) is 12.3. The maximum atomic E-state index is 3.57. The molecule has 90 valence electrons. The maximum Gasteiger partial charge on any atom is 0.0372 e. The maximum absolute atomic E-state index is 3.57. The van der Waals surface area contributed by atoms with Crippen LogP contribution in [0.3, 0.4) is 0 Å². The molecule has 0 saturated heterocycles. The Hall–Kier alpha value is -0.500. The van der Waals surface area contributed by atoms with Gasteiger partial charge < -0.3 is 5.32 Å². The van der Waals surface area contributed by atoms with E-state index < -0.39 is 0 Å². The highest BCUT2D eigenvalue weighted by Crippen LogP contribution is 2.21. The molecule has 1 rings (SSSR count). The summed E-state index contributed by atoms with van der Waals surface area (Å²) in [6.45, 7) is 8.95. The Bertz CT molecular complexity index is 334. The van der Waals surface area contributed by atoms with E-state index in [2.05, 4.69) is 67.1 Å². The van der Waals surface area contributed by atoms with Crippen LogP contribution in [0.2, 0.25) is 0 Å². The van der Waals surface area contributed by atoms with E-state index in [4.69, 9.17) is 0 Å². The van der Waals surface area contributed by atoms with Crippen molar-refractivity contribution >= 4 is 21.6 Å². The molecule has 1 nitrogen and oxygen atoms in total. The molecular weight excluding hydrogens is 262 g/mol. The fraction of sp³-hybridized carbons (Fsp3) is 0.571. The van der Waals surface area contributed by atoms with Crippen molar-refractivity contribution in [3.8, 4) is 0 Å². The van der Waals surface area contributed by atoms with Gasteiger partial charge in [-0.05, 0) is 56.4 Å². The van der Waals surface area contributed by atoms with E-state index in [-0.39, 0.29) is 0 Å². The van der Waals surface area contributed by atoms with Crippen LogP contribution in [-0.4, -0.2) is 6.04 Å². The summed E-state index contributed by atoms with van der Waals surface area (Å²) in [5.74, 6) is 0.787. The molecule has 1 atom stereocenters. The zero-order chi connectivity index (χ0) is 12.1. The van der Waals surface area contributed by atoms with Gasteiger partial charge in [-0.25, -0.2) is 0 Å². The topological polar surface area (TPSA) is 12.0 Å². The molecular formula is C14H22BrN. The van der Waals surface area contributed by atoms with Crippen LogP contribution in [0.15, 0.2) is 22.7 Å². The number of halogens is 1. The van der Waals surface area contributed by atoms with Gasteiger partial charge in [-0.15, -0.1) is 0 Å². The molecule has 0 radical (unpaired) electrons. The number of rotatable bonds is 5. The highest BCUT2D eigenvalue weighted by molar-refractivity contribution is 9.10. The van der Waals surface area contributed by atoms with Crippen molar-refractivity contribution in [1.29, 1.82) is 0 Å². The fourth-order valence-corrected chi connectivity index (χ4v) is 2.19. The molecule has 0 amide bonds. The standard InChI is InChI=1S/C14H22BrN/c1-10(2)5-6-12(4)16-14-8-7-13(15)9-11(14)3/h7-10,12,16H,5-6H2,1-4H3. The van der Waals surface area contributed by atoms with E-state index in [1.165, 1.54) is 24.1 Å². The molecule has 1 unspecified atom stereocenters. The van der Waals surface area contributed by atoms with E-state index in [0.29, 0.717) is 6.04 Å². The van der Waals surface area contributed by atoms with Gasteiger partial charge in [0.1, 0.15) is 0 Å². The molecule has 16 heavy (non-hydrogen) atoms. The Morgan fingerprint density at radius 3 is 2.44 bits per heavy atom. The summed E-state index contributed by atoms with van der Waals surface area (Å²) in [5.41, 5.74) is 2.55. The minimum atomic E-state index is 0.544. The number of aryl methyl sites for hydroxylation is 1. The largest absolute Gasteiger partial charge is 0.382 e. The van der Waals surface area contributed by atoms with Gasteiger partial charge in [0.25, 0.3) is 0 Å². The second-order valence-corrected chi connectivity index (χ2v) is 5.89. The molecule has 1 aromatic rings. The van der Waals surface area contributed by atoms with E-state index >= 15 is 0 Å². The average molecular weight is 284 g/mol. The molecule has 0 aliphatic carbocycles. The van der Waals surface area contributed by atoms with Gasteiger partial charge >= 0.3 is 0 Å². The molecule has 2 heteroatoms. The summed E-state index contributed by atoms with van der Waals surface area (Å²) in [5, 5.41) is 3.57. The van der Waals surface area contributed by atoms with Crippen molar-refractivity contribution in [1.82, 2.24) is 0 Å². The minimum absolute atomic E-state index is 0.544. The van der Waals surface area contributed by atoms with Gasteiger partial charge in [0.2, 0.25) is 0 Å². The summed E-state index contributed by atoms with van der Waals surface area (Å²) in [6, 6.07) is 6.93. The second kappa shape index (κ2) is 6.29. The molecule has 1 N–H and O–H groups in total. The Morgan fingerprint density at radius 2 is 1.88 bits per heavy atom. The number of hydrogen-bond donors (Lipinski definition) is 1. The summed E-state index contributed by atoms with van der Waals surface area (Å²) in [7, 11) is 0. The molecule has 0 spiro atoms. The number of hydrogen-bond acceptors (Lipinski definition) is 1. The van der Waals surface area contributed by atoms with Crippen molar-refractivity contribution < 1.29 is 0 Å². The van der Waals surface area contributed by atoms with Crippen molar-refractivity contribution in [2.45, 2.75) is 46.6 Å². The fourth-order valence-electron chi connectivity index (χ4n) is 1.71. The first kappa shape index (κ1) is 13.6. The first-order valence-electron chi connectivity index (χ1n) is 6.01. The van der Waals surface area contributed by atoms with Gasteiger partial charge in [0, 0.05) is 16.2 Å². The van der Waals surface area contributed by atoms with Crippen LogP contribution in [0, 0.1) is 12.8 Å². The SMILES string of the molecule is Cc1cc(Br)ccc1NC(C)CCC(C)C. The van der Waals surface area contributed by atoms with E-state index in [9.17, 15) is 0 Å². The predicted molar refractivity (Wildman–Crippen MR) is 76.0 cm³/mol. The van der Waals surface area contributed by atoms with Crippen LogP contribution in [0.5, 0.6) is 0 Å². The van der Waals surface area contributed by atoms with Gasteiger partial charge in [-0.1, -0.05) is 29.8 Å². The Labute approximate surface area is 108 Å². The van der Waals surface area contributed by atoms with E-state index in [0.717, 1.165) is 10.4 Å². The van der Waals surface area contributed by atoms with Gasteiger partial charge in [0.05, 0.1) is 0 Å². The molecule has 0 aliphatic heterocycles. The summed E-state index contributed by atoms with van der Waals surface area (Å²) < 4.78 is 1.14. The van der Waals surface area contributed by atoms with Crippen molar-refractivity contribution in [3.05, 3.63) is 28.2 Å². The second-order valence-electron chi connectivity index (χ2n) is 4.98. The first-order chi connectivity index (χ1) is 7.49. The van der Waals surface area contributed by atoms with Crippen LogP contribution >= 0.6 is 15.9 Å². The average Bonchev–Trinajstić information content (AvgIpc) is 2.19. The lowest BCUT2D eigenvalue weighted by Crippen LogP contribution is -2.16. The van der Waals surface area contributed by atoms with Crippen LogP contribution in [-0.2, 0) is 0 Å². The molecule has 0 saturated carbocycles. The molecule has 1 aromatic carbocycles. The van der Waals surface area contributed by atoms with E-state index in [1.54, 1.807) is 0 Å². The van der Waals surface area contributed by atoms with Gasteiger partial charge in [-0.2, -0.15) is 0 Å². The van der Waals surface area contributed by atoms with Crippen molar-refractivity contribution in [3.63, 3.8) is 0 Å². The van der Waals surface area contributed by atoms with Crippen LogP contribution in [0.4, 0.5) is 5.69 Å². The van der Waals surface area contributed by atoms with Crippen LogP contribution < -0.4 is 5.32 Å². The summed E-state index contributed by atoms with van der Waals surface area (Å²) in [6.07, 6.45) is 2.51. The smallest absolute Gasteiger partial charge is 0.0372 e. The Kier molecular flexibility index (Phi) is 5.33. The molecule has 0 aliphatic rings. The summed E-state index contributed by atoms with van der Waals surface area (Å²) >= 11 is 3.48. The minimum Gasteiger partial charge on any atom is -0.382 e. The van der Waals surface area contributed by atoms with Gasteiger partial charge in [0.15, 0.2) is 0 Å². The highest BCUT2D eigenvalue weighted by Gasteiger charge is 2.05. The predicted octanol–water partition coefficient (Wildman–Crippen LogP) is 4.99. The van der Waals surface area contributed by atoms with E-state index in [1.807, 2.05) is 0 Å². The first-order valence-corrected chi connectivity index (χ1v) is 6.81.